The minimum atomic E-state index is -3.45. The van der Waals surface area contributed by atoms with Gasteiger partial charge in [0.15, 0.2) is 0 Å². The predicted octanol–water partition coefficient (Wildman–Crippen LogP) is 2.29. The molecule has 1 aromatic carbocycles. The maximum atomic E-state index is 12.5. The summed E-state index contributed by atoms with van der Waals surface area (Å²) >= 11 is 0. The molecule has 0 spiro atoms. The first-order valence-corrected chi connectivity index (χ1v) is 9.74. The second-order valence-corrected chi connectivity index (χ2v) is 7.77. The average Bonchev–Trinajstić information content (AvgIpc) is 2.93. The number of carbonyl (C=O) groups is 1. The summed E-state index contributed by atoms with van der Waals surface area (Å²) in [6.07, 6.45) is 0. The first-order chi connectivity index (χ1) is 11.8. The van der Waals surface area contributed by atoms with E-state index in [1.54, 1.807) is 30.3 Å². The summed E-state index contributed by atoms with van der Waals surface area (Å²) in [7, 11) is -1.61. The molecule has 0 radical (unpaired) electrons. The van der Waals surface area contributed by atoms with Gasteiger partial charge in [0, 0.05) is 32.4 Å². The highest BCUT2D eigenvalue weighted by atomic mass is 32.2. The standard InChI is InChI=1S/C18H25N3O3S/c1-5-21(6-2)25(23,24)16-10-8-15(9-11-16)13-19-18(22)17-12-7-14(3)20(17)4/h7-12H,5-6,13H2,1-4H3,(H,19,22). The van der Waals surface area contributed by atoms with Gasteiger partial charge < -0.3 is 9.88 Å². The Morgan fingerprint density at radius 3 is 2.16 bits per heavy atom. The third-order valence-electron chi connectivity index (χ3n) is 4.33. The first kappa shape index (κ1) is 19.2. The highest BCUT2D eigenvalue weighted by Gasteiger charge is 2.21. The van der Waals surface area contributed by atoms with Gasteiger partial charge in [-0.25, -0.2) is 8.42 Å². The fraction of sp³-hybridized carbons (Fsp3) is 0.389. The van der Waals surface area contributed by atoms with Gasteiger partial charge in [-0.05, 0) is 36.8 Å². The Labute approximate surface area is 149 Å². The van der Waals surface area contributed by atoms with Gasteiger partial charge in [-0.3, -0.25) is 4.79 Å². The van der Waals surface area contributed by atoms with Gasteiger partial charge in [0.25, 0.3) is 5.91 Å². The van der Waals surface area contributed by atoms with Crippen molar-refractivity contribution in [2.24, 2.45) is 7.05 Å². The van der Waals surface area contributed by atoms with Gasteiger partial charge in [-0.15, -0.1) is 0 Å². The molecule has 0 aliphatic carbocycles. The van der Waals surface area contributed by atoms with Gasteiger partial charge in [0.2, 0.25) is 10.0 Å². The van der Waals surface area contributed by atoms with E-state index in [0.717, 1.165) is 11.3 Å². The fourth-order valence-corrected chi connectivity index (χ4v) is 4.06. The van der Waals surface area contributed by atoms with Crippen molar-refractivity contribution >= 4 is 15.9 Å². The van der Waals surface area contributed by atoms with Crippen molar-refractivity contribution in [1.82, 2.24) is 14.2 Å². The van der Waals surface area contributed by atoms with Crippen LogP contribution in [0.2, 0.25) is 0 Å². The lowest BCUT2D eigenvalue weighted by Crippen LogP contribution is -2.30. The molecule has 7 heteroatoms. The smallest absolute Gasteiger partial charge is 0.268 e. The maximum Gasteiger partial charge on any atom is 0.268 e. The second kappa shape index (κ2) is 7.84. The Morgan fingerprint density at radius 2 is 1.68 bits per heavy atom. The number of amides is 1. The zero-order chi connectivity index (χ0) is 18.6. The van der Waals surface area contributed by atoms with Gasteiger partial charge in [-0.2, -0.15) is 4.31 Å². The van der Waals surface area contributed by atoms with Crippen molar-refractivity contribution in [3.63, 3.8) is 0 Å². The minimum absolute atomic E-state index is 0.157. The molecule has 25 heavy (non-hydrogen) atoms. The van der Waals surface area contributed by atoms with Crippen molar-refractivity contribution in [2.45, 2.75) is 32.2 Å². The van der Waals surface area contributed by atoms with Crippen molar-refractivity contribution in [2.75, 3.05) is 13.1 Å². The van der Waals surface area contributed by atoms with E-state index >= 15 is 0 Å². The van der Waals surface area contributed by atoms with Gasteiger partial charge in [0.1, 0.15) is 5.69 Å². The third kappa shape index (κ3) is 4.11. The largest absolute Gasteiger partial charge is 0.347 e. The number of nitrogens with zero attached hydrogens (tertiary/aromatic N) is 2. The van der Waals surface area contributed by atoms with Crippen LogP contribution in [-0.2, 0) is 23.6 Å². The highest BCUT2D eigenvalue weighted by molar-refractivity contribution is 7.89. The molecule has 1 aromatic heterocycles. The van der Waals surface area contributed by atoms with E-state index in [4.69, 9.17) is 0 Å². The van der Waals surface area contributed by atoms with Crippen LogP contribution in [0.25, 0.3) is 0 Å². The lowest BCUT2D eigenvalue weighted by molar-refractivity contribution is 0.0942. The molecule has 0 atom stereocenters. The number of carbonyl (C=O) groups excluding carboxylic acids is 1. The molecular weight excluding hydrogens is 338 g/mol. The van der Waals surface area contributed by atoms with Gasteiger partial charge in [0.05, 0.1) is 4.90 Å². The summed E-state index contributed by atoms with van der Waals surface area (Å²) in [5.74, 6) is -0.157. The lowest BCUT2D eigenvalue weighted by Gasteiger charge is -2.18. The predicted molar refractivity (Wildman–Crippen MR) is 97.9 cm³/mol. The molecule has 1 N–H and O–H groups in total. The monoisotopic (exact) mass is 363 g/mol. The number of hydrogen-bond acceptors (Lipinski definition) is 3. The van der Waals surface area contributed by atoms with Crippen molar-refractivity contribution in [3.8, 4) is 0 Å². The highest BCUT2D eigenvalue weighted by Crippen LogP contribution is 2.16. The summed E-state index contributed by atoms with van der Waals surface area (Å²) < 4.78 is 28.1. The number of benzene rings is 1. The molecule has 0 aliphatic heterocycles. The molecule has 6 nitrogen and oxygen atoms in total. The van der Waals surface area contributed by atoms with E-state index in [0.29, 0.717) is 25.3 Å². The van der Waals surface area contributed by atoms with Crippen molar-refractivity contribution in [3.05, 3.63) is 53.3 Å². The van der Waals surface area contributed by atoms with E-state index in [-0.39, 0.29) is 10.8 Å². The molecule has 0 bridgehead atoms. The molecule has 2 rings (SSSR count). The van der Waals surface area contributed by atoms with Crippen molar-refractivity contribution < 1.29 is 13.2 Å². The molecule has 0 aliphatic rings. The molecule has 0 unspecified atom stereocenters. The minimum Gasteiger partial charge on any atom is -0.347 e. The first-order valence-electron chi connectivity index (χ1n) is 8.30. The summed E-state index contributed by atoms with van der Waals surface area (Å²) in [6.45, 7) is 6.78. The van der Waals surface area contributed by atoms with E-state index in [1.807, 2.05) is 38.5 Å². The number of sulfonamides is 1. The molecule has 1 amide bonds. The van der Waals surface area contributed by atoms with Gasteiger partial charge in [-0.1, -0.05) is 26.0 Å². The van der Waals surface area contributed by atoms with Crippen LogP contribution >= 0.6 is 0 Å². The summed E-state index contributed by atoms with van der Waals surface area (Å²) in [6, 6.07) is 10.3. The molecule has 0 fully saturated rings. The van der Waals surface area contributed by atoms with Crippen LogP contribution in [0.3, 0.4) is 0 Å². The topological polar surface area (TPSA) is 71.4 Å². The van der Waals surface area contributed by atoms with Crippen LogP contribution in [0, 0.1) is 6.92 Å². The molecule has 2 aromatic rings. The van der Waals surface area contributed by atoms with E-state index in [1.165, 1.54) is 4.31 Å². The number of rotatable bonds is 7. The molecule has 0 saturated carbocycles. The SMILES string of the molecule is CCN(CC)S(=O)(=O)c1ccc(CNC(=O)c2ccc(C)n2C)cc1. The number of hydrogen-bond donors (Lipinski definition) is 1. The third-order valence-corrected chi connectivity index (χ3v) is 6.39. The molecule has 136 valence electrons. The molecule has 0 saturated heterocycles. The summed E-state index contributed by atoms with van der Waals surface area (Å²) in [5.41, 5.74) is 2.45. The quantitative estimate of drug-likeness (QED) is 0.820. The lowest BCUT2D eigenvalue weighted by atomic mass is 10.2. The fourth-order valence-electron chi connectivity index (χ4n) is 2.61. The Kier molecular flexibility index (Phi) is 6.02. The van der Waals surface area contributed by atoms with E-state index in [2.05, 4.69) is 5.32 Å². The Morgan fingerprint density at radius 1 is 1.08 bits per heavy atom. The normalized spacial score (nSPS) is 11.7. The summed E-state index contributed by atoms with van der Waals surface area (Å²) in [5, 5.41) is 2.85. The average molecular weight is 363 g/mol. The van der Waals surface area contributed by atoms with Crippen LogP contribution in [0.1, 0.15) is 35.6 Å². The van der Waals surface area contributed by atoms with Gasteiger partial charge >= 0.3 is 0 Å². The summed E-state index contributed by atoms with van der Waals surface area (Å²) in [4.78, 5) is 12.5. The zero-order valence-corrected chi connectivity index (χ0v) is 15.9. The number of aryl methyl sites for hydroxylation is 1. The Balaban J connectivity index is 2.06. The van der Waals surface area contributed by atoms with Crippen LogP contribution in [0.5, 0.6) is 0 Å². The van der Waals surface area contributed by atoms with Crippen LogP contribution in [0.4, 0.5) is 0 Å². The van der Waals surface area contributed by atoms with E-state index < -0.39 is 10.0 Å². The van der Waals surface area contributed by atoms with Crippen LogP contribution in [0.15, 0.2) is 41.3 Å². The zero-order valence-electron chi connectivity index (χ0n) is 15.1. The number of nitrogens with one attached hydrogen (secondary N) is 1. The molecular formula is C18H25N3O3S. The van der Waals surface area contributed by atoms with Crippen LogP contribution in [-0.4, -0.2) is 36.3 Å². The van der Waals surface area contributed by atoms with E-state index in [9.17, 15) is 13.2 Å². The Bertz CT molecular complexity index is 835. The second-order valence-electron chi connectivity index (χ2n) is 5.83. The maximum absolute atomic E-state index is 12.5. The number of aromatic nitrogens is 1. The molecule has 1 heterocycles. The van der Waals surface area contributed by atoms with Crippen molar-refractivity contribution in [1.29, 1.82) is 0 Å². The van der Waals surface area contributed by atoms with Crippen LogP contribution < -0.4 is 5.32 Å². The Hall–Kier alpha value is -2.12.